The number of carbonyl (C=O) groups is 2. The van der Waals surface area contributed by atoms with Crippen molar-refractivity contribution in [2.24, 2.45) is 0 Å². The lowest BCUT2D eigenvalue weighted by Crippen LogP contribution is -2.48. The van der Waals surface area contributed by atoms with Crippen LogP contribution in [0.25, 0.3) is 22.0 Å². The second-order valence-electron chi connectivity index (χ2n) is 8.77. The molecular weight excluding hydrogens is 452 g/mol. The summed E-state index contributed by atoms with van der Waals surface area (Å²) in [6.07, 6.45) is 3.27. The molecule has 1 heterocycles. The van der Waals surface area contributed by atoms with Crippen LogP contribution in [0.1, 0.15) is 29.5 Å². The number of aromatic amines is 1. The number of rotatable bonds is 7. The van der Waals surface area contributed by atoms with E-state index in [1.54, 1.807) is 6.92 Å². The van der Waals surface area contributed by atoms with E-state index >= 15 is 0 Å². The molecule has 0 bridgehead atoms. The first kappa shape index (κ1) is 23.2. The lowest BCUT2D eigenvalue weighted by atomic mass is 9.98. The average molecular weight is 479 g/mol. The molecule has 36 heavy (non-hydrogen) atoms. The van der Waals surface area contributed by atoms with Crippen molar-refractivity contribution >= 4 is 22.9 Å². The van der Waals surface area contributed by atoms with Crippen LogP contribution >= 0.6 is 0 Å². The van der Waals surface area contributed by atoms with E-state index in [-0.39, 0.29) is 25.5 Å². The lowest BCUT2D eigenvalue weighted by molar-refractivity contribution is -0.130. The number of carbonyl (C=O) groups excluding carboxylic acids is 2. The second kappa shape index (κ2) is 9.96. The zero-order chi connectivity index (χ0) is 25.1. The Morgan fingerprint density at radius 3 is 2.33 bits per heavy atom. The van der Waals surface area contributed by atoms with Crippen LogP contribution in [0.4, 0.5) is 4.79 Å². The fraction of sp³-hybridized carbons (Fsp3) is 0.207. The molecule has 7 heteroatoms. The van der Waals surface area contributed by atoms with Gasteiger partial charge in [0.05, 0.1) is 0 Å². The van der Waals surface area contributed by atoms with Gasteiger partial charge in [-0.25, -0.2) is 9.69 Å². The Balaban J connectivity index is 1.33. The quantitative estimate of drug-likeness (QED) is 0.290. The highest BCUT2D eigenvalue weighted by atomic mass is 16.5. The van der Waals surface area contributed by atoms with Crippen molar-refractivity contribution in [1.29, 1.82) is 5.26 Å². The number of likely N-dealkylation sites (N-methyl/N-ethyl adjacent to an activating group) is 1. The van der Waals surface area contributed by atoms with Crippen molar-refractivity contribution in [2.45, 2.75) is 25.3 Å². The number of hydrogen-bond donors (Lipinski definition) is 2. The molecule has 0 spiro atoms. The number of nitriles is 1. The van der Waals surface area contributed by atoms with E-state index in [0.717, 1.165) is 43.6 Å². The third-order valence-corrected chi connectivity index (χ3v) is 6.74. The van der Waals surface area contributed by atoms with Crippen molar-refractivity contribution in [1.82, 2.24) is 15.2 Å². The zero-order valence-corrected chi connectivity index (χ0v) is 19.9. The number of alkyl carbamates (subject to hydrolysis) is 1. The molecule has 0 aliphatic heterocycles. The zero-order valence-electron chi connectivity index (χ0n) is 19.9. The first-order valence-electron chi connectivity index (χ1n) is 12.0. The van der Waals surface area contributed by atoms with Crippen LogP contribution in [-0.4, -0.2) is 41.1 Å². The number of aromatic nitrogens is 1. The fourth-order valence-corrected chi connectivity index (χ4v) is 4.97. The minimum absolute atomic E-state index is 0.0860. The van der Waals surface area contributed by atoms with E-state index < -0.39 is 18.0 Å². The van der Waals surface area contributed by atoms with Gasteiger partial charge in [-0.2, -0.15) is 5.26 Å². The molecule has 1 unspecified atom stereocenters. The molecule has 1 aliphatic rings. The topological polar surface area (TPSA) is 98.2 Å². The Kier molecular flexibility index (Phi) is 6.42. The highest BCUT2D eigenvalue weighted by Gasteiger charge is 2.31. The molecule has 0 saturated heterocycles. The van der Waals surface area contributed by atoms with Gasteiger partial charge in [-0.05, 0) is 40.8 Å². The van der Waals surface area contributed by atoms with Gasteiger partial charge in [-0.3, -0.25) is 4.79 Å². The first-order chi connectivity index (χ1) is 17.6. The van der Waals surface area contributed by atoms with Crippen molar-refractivity contribution in [2.75, 3.05) is 13.2 Å². The number of fused-ring (bicyclic) bond motifs is 4. The van der Waals surface area contributed by atoms with Crippen molar-refractivity contribution in [3.05, 3.63) is 95.7 Å². The van der Waals surface area contributed by atoms with Gasteiger partial charge in [0.15, 0.2) is 6.19 Å². The van der Waals surface area contributed by atoms with Crippen molar-refractivity contribution in [3.8, 4) is 17.3 Å². The van der Waals surface area contributed by atoms with Gasteiger partial charge in [0.1, 0.15) is 12.6 Å². The molecule has 1 atom stereocenters. The molecular formula is C29H26N4O3. The van der Waals surface area contributed by atoms with Crippen LogP contribution in [0.5, 0.6) is 0 Å². The molecule has 1 aromatic heterocycles. The van der Waals surface area contributed by atoms with Crippen LogP contribution in [-0.2, 0) is 16.0 Å². The Morgan fingerprint density at radius 2 is 1.67 bits per heavy atom. The number of nitrogens with one attached hydrogen (secondary N) is 2. The monoisotopic (exact) mass is 478 g/mol. The summed E-state index contributed by atoms with van der Waals surface area (Å²) in [4.78, 5) is 30.3. The normalized spacial score (nSPS) is 12.9. The molecule has 3 aromatic carbocycles. The van der Waals surface area contributed by atoms with Gasteiger partial charge in [0.2, 0.25) is 0 Å². The van der Waals surface area contributed by atoms with Crippen LogP contribution in [0.3, 0.4) is 0 Å². The molecule has 4 aromatic rings. The van der Waals surface area contributed by atoms with Crippen LogP contribution in [0.2, 0.25) is 0 Å². The number of H-pyrrole nitrogens is 1. The minimum atomic E-state index is -0.945. The number of benzene rings is 3. The van der Waals surface area contributed by atoms with E-state index in [0.29, 0.717) is 0 Å². The molecule has 7 nitrogen and oxygen atoms in total. The Bertz CT molecular complexity index is 1420. The van der Waals surface area contributed by atoms with E-state index in [9.17, 15) is 14.9 Å². The molecule has 2 amide bonds. The molecule has 0 saturated carbocycles. The Morgan fingerprint density at radius 1 is 1.03 bits per heavy atom. The van der Waals surface area contributed by atoms with E-state index in [4.69, 9.17) is 4.74 Å². The molecule has 180 valence electrons. The second-order valence-corrected chi connectivity index (χ2v) is 8.77. The van der Waals surface area contributed by atoms with Gasteiger partial charge in [0, 0.05) is 36.0 Å². The maximum Gasteiger partial charge on any atom is 0.407 e. The highest BCUT2D eigenvalue weighted by molar-refractivity contribution is 5.89. The Hall–Kier alpha value is -4.57. The summed E-state index contributed by atoms with van der Waals surface area (Å²) in [7, 11) is 0. The summed E-state index contributed by atoms with van der Waals surface area (Å²) in [5.41, 5.74) is 6.31. The standard InChI is InChI=1S/C29H26N4O3/c1-2-33(18-30)28(34)27(15-19-16-31-26-14-8-7-9-20(19)26)32-29(35)36-17-25-23-12-5-3-10-21(23)22-11-4-6-13-24(22)25/h3-14,16,25,27,31H,2,15,17H2,1H3,(H,32,35). The number of nitrogens with zero attached hydrogens (tertiary/aromatic N) is 2. The molecule has 0 radical (unpaired) electrons. The van der Waals surface area contributed by atoms with Crippen molar-refractivity contribution in [3.63, 3.8) is 0 Å². The predicted octanol–water partition coefficient (Wildman–Crippen LogP) is 4.95. The number of ether oxygens (including phenoxy) is 1. The minimum Gasteiger partial charge on any atom is -0.449 e. The average Bonchev–Trinajstić information content (AvgIpc) is 3.46. The van der Waals surface area contributed by atoms with Crippen LogP contribution in [0.15, 0.2) is 79.0 Å². The Labute approximate surface area is 209 Å². The van der Waals surface area contributed by atoms with Crippen molar-refractivity contribution < 1.29 is 14.3 Å². The van der Waals surface area contributed by atoms with Gasteiger partial charge in [-0.1, -0.05) is 66.7 Å². The summed E-state index contributed by atoms with van der Waals surface area (Å²) < 4.78 is 5.66. The van der Waals surface area contributed by atoms with Crippen LogP contribution in [0, 0.1) is 11.5 Å². The maximum atomic E-state index is 13.1. The molecule has 5 rings (SSSR count). The first-order valence-corrected chi connectivity index (χ1v) is 12.0. The number of hydrogen-bond acceptors (Lipinski definition) is 4. The summed E-state index contributed by atoms with van der Waals surface area (Å²) in [5, 5.41) is 13.1. The third-order valence-electron chi connectivity index (χ3n) is 6.74. The van der Waals surface area contributed by atoms with Gasteiger partial charge in [0.25, 0.3) is 5.91 Å². The third kappa shape index (κ3) is 4.29. The smallest absolute Gasteiger partial charge is 0.407 e. The summed E-state index contributed by atoms with van der Waals surface area (Å²) in [6.45, 7) is 2.08. The summed E-state index contributed by atoms with van der Waals surface area (Å²) >= 11 is 0. The van der Waals surface area contributed by atoms with E-state index in [1.807, 2.05) is 60.9 Å². The summed E-state index contributed by atoms with van der Waals surface area (Å²) in [5.74, 6) is -0.559. The molecule has 2 N–H and O–H groups in total. The predicted molar refractivity (Wildman–Crippen MR) is 137 cm³/mol. The fourth-order valence-electron chi connectivity index (χ4n) is 4.97. The van der Waals surface area contributed by atoms with Crippen LogP contribution < -0.4 is 5.32 Å². The molecule has 0 fully saturated rings. The van der Waals surface area contributed by atoms with Gasteiger partial charge >= 0.3 is 6.09 Å². The van der Waals surface area contributed by atoms with E-state index in [2.05, 4.69) is 34.6 Å². The summed E-state index contributed by atoms with van der Waals surface area (Å²) in [6, 6.07) is 23.0. The van der Waals surface area contributed by atoms with E-state index in [1.165, 1.54) is 0 Å². The van der Waals surface area contributed by atoms with Gasteiger partial charge in [-0.15, -0.1) is 0 Å². The highest BCUT2D eigenvalue weighted by Crippen LogP contribution is 2.44. The largest absolute Gasteiger partial charge is 0.449 e. The number of amides is 2. The van der Waals surface area contributed by atoms with Gasteiger partial charge < -0.3 is 15.0 Å². The SMILES string of the molecule is CCN(C#N)C(=O)C(Cc1c[nH]c2ccccc12)NC(=O)OCC1c2ccccc2-c2ccccc21. The molecule has 1 aliphatic carbocycles. The lowest BCUT2D eigenvalue weighted by Gasteiger charge is -2.22. The number of para-hydroxylation sites is 1. The maximum absolute atomic E-state index is 13.1.